The first-order valence-corrected chi connectivity index (χ1v) is 6.54. The molecule has 2 atom stereocenters. The van der Waals surface area contributed by atoms with Gasteiger partial charge in [-0.05, 0) is 37.0 Å². The summed E-state index contributed by atoms with van der Waals surface area (Å²) in [4.78, 5) is 3.34. The molecule has 16 heavy (non-hydrogen) atoms. The molecule has 0 aliphatic carbocycles. The quantitative estimate of drug-likeness (QED) is 0.827. The van der Waals surface area contributed by atoms with Gasteiger partial charge in [-0.1, -0.05) is 30.9 Å². The molecule has 0 bridgehead atoms. The monoisotopic (exact) mass is 252 g/mol. The molecule has 0 radical (unpaired) electrons. The molecule has 1 heterocycles. The third-order valence-electron chi connectivity index (χ3n) is 2.86. The van der Waals surface area contributed by atoms with Crippen molar-refractivity contribution in [3.8, 4) is 0 Å². The van der Waals surface area contributed by atoms with Crippen LogP contribution in [0, 0.1) is 6.92 Å². The number of benzene rings is 1. The van der Waals surface area contributed by atoms with E-state index in [1.54, 1.807) is 0 Å². The molecule has 1 N–H and O–H groups in total. The zero-order valence-electron chi connectivity index (χ0n) is 9.53. The molecular formula is C12H18N2P2. The standard InChI is InChI=1S/C12H18N2P2/c1-9-4-2-6-11-12(9)10(8-13-11)5-3-7-14(15)16/h2,4,6,8,13H,3,5,7,15-16H2,1H3. The van der Waals surface area contributed by atoms with Crippen molar-refractivity contribution in [2.75, 3.05) is 6.54 Å². The summed E-state index contributed by atoms with van der Waals surface area (Å²) >= 11 is 0. The van der Waals surface area contributed by atoms with Crippen LogP contribution < -0.4 is 0 Å². The van der Waals surface area contributed by atoms with Crippen molar-refractivity contribution < 1.29 is 0 Å². The average molecular weight is 252 g/mol. The van der Waals surface area contributed by atoms with Gasteiger partial charge in [-0.15, -0.1) is 0 Å². The highest BCUT2D eigenvalue weighted by atomic mass is 31.1. The van der Waals surface area contributed by atoms with E-state index in [2.05, 4.69) is 59.5 Å². The maximum Gasteiger partial charge on any atom is 0.0459 e. The molecule has 2 aromatic rings. The van der Waals surface area contributed by atoms with Crippen molar-refractivity contribution in [2.24, 2.45) is 0 Å². The van der Waals surface area contributed by atoms with Crippen LogP contribution in [0.3, 0.4) is 0 Å². The minimum atomic E-state index is 1.08. The lowest BCUT2D eigenvalue weighted by atomic mass is 10.0. The molecule has 86 valence electrons. The SMILES string of the molecule is Cc1cccc2[nH]cc(CCCN(P)P)c12. The van der Waals surface area contributed by atoms with Gasteiger partial charge in [0.05, 0.1) is 0 Å². The fraction of sp³-hybridized carbons (Fsp3) is 0.333. The van der Waals surface area contributed by atoms with Crippen LogP contribution in [0.25, 0.3) is 10.9 Å². The van der Waals surface area contributed by atoms with Crippen molar-refractivity contribution in [1.29, 1.82) is 0 Å². The van der Waals surface area contributed by atoms with E-state index in [0.717, 1.165) is 13.0 Å². The Bertz CT molecular complexity index is 477. The van der Waals surface area contributed by atoms with Crippen LogP contribution in [0.2, 0.25) is 0 Å². The van der Waals surface area contributed by atoms with Gasteiger partial charge in [-0.2, -0.15) is 0 Å². The largest absolute Gasteiger partial charge is 0.361 e. The predicted octanol–water partition coefficient (Wildman–Crippen LogP) is 3.29. The number of nitrogens with zero attached hydrogens (tertiary/aromatic N) is 1. The highest BCUT2D eigenvalue weighted by Gasteiger charge is 2.05. The van der Waals surface area contributed by atoms with Crippen LogP contribution in [-0.4, -0.2) is 16.0 Å². The van der Waals surface area contributed by atoms with E-state index in [-0.39, 0.29) is 0 Å². The minimum absolute atomic E-state index is 1.08. The van der Waals surface area contributed by atoms with Gasteiger partial charge in [0.1, 0.15) is 0 Å². The van der Waals surface area contributed by atoms with E-state index in [1.165, 1.54) is 28.5 Å². The maximum atomic E-state index is 3.34. The number of hydrogen-bond donors (Lipinski definition) is 1. The van der Waals surface area contributed by atoms with Crippen molar-refractivity contribution in [3.63, 3.8) is 0 Å². The summed E-state index contributed by atoms with van der Waals surface area (Å²) in [5.74, 6) is 0. The molecule has 0 aliphatic heterocycles. The first-order chi connectivity index (χ1) is 7.68. The van der Waals surface area contributed by atoms with Gasteiger partial charge >= 0.3 is 0 Å². The van der Waals surface area contributed by atoms with E-state index in [1.807, 2.05) is 0 Å². The van der Waals surface area contributed by atoms with Crippen LogP contribution in [-0.2, 0) is 6.42 Å². The van der Waals surface area contributed by atoms with Gasteiger partial charge < -0.3 is 4.98 Å². The first kappa shape index (κ1) is 12.0. The van der Waals surface area contributed by atoms with Gasteiger partial charge in [0.25, 0.3) is 0 Å². The Kier molecular flexibility index (Phi) is 3.97. The lowest BCUT2D eigenvalue weighted by Gasteiger charge is -2.08. The zero-order valence-corrected chi connectivity index (χ0v) is 11.8. The molecule has 1 aromatic carbocycles. The third kappa shape index (κ3) is 2.63. The number of aromatic amines is 1. The van der Waals surface area contributed by atoms with Crippen molar-refractivity contribution in [1.82, 2.24) is 9.42 Å². The molecule has 0 fully saturated rings. The molecule has 2 unspecified atom stereocenters. The molecule has 0 amide bonds. The Morgan fingerprint density at radius 1 is 1.31 bits per heavy atom. The van der Waals surface area contributed by atoms with E-state index in [4.69, 9.17) is 0 Å². The Labute approximate surface area is 101 Å². The second-order valence-corrected chi connectivity index (χ2v) is 6.08. The molecule has 4 heteroatoms. The molecule has 0 saturated heterocycles. The Morgan fingerprint density at radius 2 is 2.12 bits per heavy atom. The maximum absolute atomic E-state index is 3.34. The van der Waals surface area contributed by atoms with E-state index in [0.29, 0.717) is 0 Å². The van der Waals surface area contributed by atoms with Crippen LogP contribution >= 0.6 is 18.8 Å². The molecule has 1 aromatic heterocycles. The fourth-order valence-corrected chi connectivity index (χ4v) is 2.47. The lowest BCUT2D eigenvalue weighted by Crippen LogP contribution is -1.99. The second-order valence-electron chi connectivity index (χ2n) is 4.15. The number of aryl methyl sites for hydroxylation is 2. The van der Waals surface area contributed by atoms with Gasteiger partial charge in [0.15, 0.2) is 0 Å². The van der Waals surface area contributed by atoms with E-state index < -0.39 is 0 Å². The molecule has 2 nitrogen and oxygen atoms in total. The summed E-state index contributed by atoms with van der Waals surface area (Å²) in [6, 6.07) is 6.42. The van der Waals surface area contributed by atoms with Gasteiger partial charge in [0.2, 0.25) is 0 Å². The normalized spacial score (nSPS) is 11.5. The number of aromatic nitrogens is 1. The Hall–Kier alpha value is -0.420. The summed E-state index contributed by atoms with van der Waals surface area (Å²) in [5, 5.41) is 1.40. The van der Waals surface area contributed by atoms with E-state index in [9.17, 15) is 0 Å². The van der Waals surface area contributed by atoms with Crippen LogP contribution in [0.5, 0.6) is 0 Å². The highest BCUT2D eigenvalue weighted by molar-refractivity contribution is 7.30. The Balaban J connectivity index is 2.18. The predicted molar refractivity (Wildman–Crippen MR) is 77.5 cm³/mol. The first-order valence-electron chi connectivity index (χ1n) is 5.51. The second kappa shape index (κ2) is 5.27. The van der Waals surface area contributed by atoms with Gasteiger partial charge in [-0.3, -0.25) is 4.44 Å². The van der Waals surface area contributed by atoms with Crippen molar-refractivity contribution in [2.45, 2.75) is 19.8 Å². The highest BCUT2D eigenvalue weighted by Crippen LogP contribution is 2.23. The van der Waals surface area contributed by atoms with E-state index >= 15 is 0 Å². The Morgan fingerprint density at radius 3 is 2.88 bits per heavy atom. The zero-order chi connectivity index (χ0) is 11.5. The van der Waals surface area contributed by atoms with Crippen LogP contribution in [0.15, 0.2) is 24.4 Å². The molecule has 0 saturated carbocycles. The summed E-state index contributed by atoms with van der Waals surface area (Å²) in [6.45, 7) is 3.26. The van der Waals surface area contributed by atoms with Gasteiger partial charge in [0, 0.05) is 23.6 Å². The summed E-state index contributed by atoms with van der Waals surface area (Å²) in [6.07, 6.45) is 4.45. The fourth-order valence-electron chi connectivity index (χ4n) is 2.10. The number of nitrogens with one attached hydrogen (secondary N) is 1. The third-order valence-corrected chi connectivity index (χ3v) is 3.37. The minimum Gasteiger partial charge on any atom is -0.361 e. The number of fused-ring (bicyclic) bond motifs is 1. The number of H-pyrrole nitrogens is 1. The molecule has 2 rings (SSSR count). The topological polar surface area (TPSA) is 19.0 Å². The summed E-state index contributed by atoms with van der Waals surface area (Å²) in [5.41, 5.74) is 4.05. The smallest absolute Gasteiger partial charge is 0.0459 e. The average Bonchev–Trinajstić information content (AvgIpc) is 2.62. The van der Waals surface area contributed by atoms with Crippen LogP contribution in [0.4, 0.5) is 0 Å². The molecule has 0 aliphatic rings. The van der Waals surface area contributed by atoms with Crippen molar-refractivity contribution in [3.05, 3.63) is 35.5 Å². The molecule has 0 spiro atoms. The van der Waals surface area contributed by atoms with Gasteiger partial charge in [-0.25, -0.2) is 0 Å². The lowest BCUT2D eigenvalue weighted by molar-refractivity contribution is 0.673. The van der Waals surface area contributed by atoms with Crippen molar-refractivity contribution >= 4 is 29.7 Å². The van der Waals surface area contributed by atoms with Crippen LogP contribution in [0.1, 0.15) is 17.5 Å². The molecular weight excluding hydrogens is 234 g/mol. The number of rotatable bonds is 4. The summed E-state index contributed by atoms with van der Waals surface area (Å²) < 4.78 is 2.07. The summed E-state index contributed by atoms with van der Waals surface area (Å²) in [7, 11) is 5.34. The number of hydrogen-bond acceptors (Lipinski definition) is 1.